The van der Waals surface area contributed by atoms with Gasteiger partial charge in [-0.3, -0.25) is 4.98 Å². The second-order valence-electron chi connectivity index (χ2n) is 16.5. The van der Waals surface area contributed by atoms with Crippen molar-refractivity contribution in [2.45, 2.75) is 65.7 Å². The molecule has 0 amide bonds. The first-order valence-electron chi connectivity index (χ1n) is 20.0. The third-order valence-electron chi connectivity index (χ3n) is 10.8. The monoisotopic (exact) mass is 971 g/mol. The van der Waals surface area contributed by atoms with Crippen molar-refractivity contribution in [3.8, 4) is 33.8 Å². The van der Waals surface area contributed by atoms with Crippen molar-refractivity contribution in [1.29, 1.82) is 0 Å². The van der Waals surface area contributed by atoms with Gasteiger partial charge in [0.25, 0.3) is 0 Å². The minimum Gasteiger partial charge on any atom is -0.500 e. The van der Waals surface area contributed by atoms with E-state index in [4.69, 9.17) is 9.40 Å². The molecule has 0 N–H and O–H groups in total. The quantitative estimate of drug-likeness (QED) is 0.0865. The van der Waals surface area contributed by atoms with E-state index in [1.807, 2.05) is 54.7 Å². The molecular weight excluding hydrogens is 924 g/mol. The van der Waals surface area contributed by atoms with Crippen molar-refractivity contribution in [1.82, 2.24) is 19.5 Å². The molecule has 0 bridgehead atoms. The van der Waals surface area contributed by atoms with E-state index in [0.717, 1.165) is 44.5 Å². The molecule has 8 heteroatoms. The predicted molar refractivity (Wildman–Crippen MR) is 240 cm³/mol. The number of aromatic nitrogens is 4. The zero-order valence-corrected chi connectivity index (χ0v) is 37.9. The average molecular weight is 971 g/mol. The Kier molecular flexibility index (Phi) is 12.2. The van der Waals surface area contributed by atoms with Crippen LogP contribution in [-0.2, 0) is 26.7 Å². The summed E-state index contributed by atoms with van der Waals surface area (Å²) in [6, 6.07) is 47.5. The van der Waals surface area contributed by atoms with Gasteiger partial charge in [0.2, 0.25) is 5.95 Å². The van der Waals surface area contributed by atoms with Gasteiger partial charge in [0.05, 0.1) is 30.5 Å². The van der Waals surface area contributed by atoms with E-state index in [-0.39, 0.29) is 20.1 Å². The molecule has 299 valence electrons. The van der Waals surface area contributed by atoms with Crippen molar-refractivity contribution in [3.05, 3.63) is 168 Å². The van der Waals surface area contributed by atoms with Crippen molar-refractivity contribution < 1.29 is 28.9 Å². The molecule has 0 aliphatic rings. The number of nitrogens with zero attached hydrogens (tertiary/aromatic N) is 4. The molecule has 0 saturated carbocycles. The van der Waals surface area contributed by atoms with E-state index < -0.39 is 14.0 Å². The van der Waals surface area contributed by atoms with Gasteiger partial charge in [0.1, 0.15) is 5.58 Å². The summed E-state index contributed by atoms with van der Waals surface area (Å²) >= 11 is 0. The molecule has 5 aromatic carbocycles. The Morgan fingerprint density at radius 1 is 0.712 bits per heavy atom. The Hall–Kier alpha value is -5.53. The van der Waals surface area contributed by atoms with Gasteiger partial charge in [0.15, 0.2) is 0 Å². The summed E-state index contributed by atoms with van der Waals surface area (Å²) < 4.78 is 22.5. The second-order valence-corrected chi connectivity index (χ2v) is 21.6. The summed E-state index contributed by atoms with van der Waals surface area (Å²) in [5, 5.41) is 3.03. The van der Waals surface area contributed by atoms with Gasteiger partial charge in [0, 0.05) is 50.5 Å². The molecule has 9 rings (SSSR count). The normalized spacial score (nSPS) is 11.6. The smallest absolute Gasteiger partial charge is 0.216 e. The molecule has 5 nitrogen and oxygen atoms in total. The van der Waals surface area contributed by atoms with Crippen LogP contribution >= 0.6 is 0 Å². The van der Waals surface area contributed by atoms with Crippen LogP contribution in [0.15, 0.2) is 138 Å². The number of hydrogen-bond donors (Lipinski definition) is 0. The largest absolute Gasteiger partial charge is 0.500 e. The van der Waals surface area contributed by atoms with Crippen LogP contribution in [0.4, 0.5) is 4.39 Å². The van der Waals surface area contributed by atoms with Crippen LogP contribution in [0.3, 0.4) is 0 Å². The van der Waals surface area contributed by atoms with Gasteiger partial charge >= 0.3 is 0 Å². The number of imidazole rings is 1. The number of hydrogen-bond acceptors (Lipinski definition) is 4. The van der Waals surface area contributed by atoms with Crippen LogP contribution < -0.4 is 5.19 Å². The minimum absolute atomic E-state index is 0. The summed E-state index contributed by atoms with van der Waals surface area (Å²) in [5.41, 5.74) is 12.3. The third kappa shape index (κ3) is 8.63. The fourth-order valence-electron chi connectivity index (χ4n) is 7.64. The summed E-state index contributed by atoms with van der Waals surface area (Å²) in [4.78, 5) is 13.5. The predicted octanol–water partition coefficient (Wildman–Crippen LogP) is 13.0. The van der Waals surface area contributed by atoms with E-state index in [2.05, 4.69) is 141 Å². The van der Waals surface area contributed by atoms with E-state index in [1.165, 1.54) is 45.3 Å². The van der Waals surface area contributed by atoms with Crippen LogP contribution in [0, 0.1) is 18.1 Å². The Labute approximate surface area is 360 Å². The van der Waals surface area contributed by atoms with Crippen molar-refractivity contribution >= 4 is 46.2 Å². The molecule has 0 spiro atoms. The molecule has 0 aliphatic heterocycles. The van der Waals surface area contributed by atoms with E-state index >= 15 is 0 Å². The van der Waals surface area contributed by atoms with Crippen LogP contribution in [-0.4, -0.2) is 27.6 Å². The van der Waals surface area contributed by atoms with E-state index in [1.54, 1.807) is 0 Å². The summed E-state index contributed by atoms with van der Waals surface area (Å²) in [6.07, 6.45) is 3.55. The van der Waals surface area contributed by atoms with E-state index in [9.17, 15) is 4.39 Å². The molecule has 1 radical (unpaired) electrons. The maximum atomic E-state index is 14.0. The number of fused-ring (bicyclic) bond motifs is 4. The summed E-state index contributed by atoms with van der Waals surface area (Å²) in [7, 11) is -1.23. The first-order chi connectivity index (χ1) is 28.0. The standard InChI is InChI=1S/C37H31FN3O.C14H16NSi.Ir/c1-22(2)28-17-25(24-11-6-5-7-12-24)18-29(23(3)4)31(28)21-41-33-16-9-8-15-32(33)40-37(41)27-14-10-13-26-30-20-39-35(38)19-34(30)42-36(26)27;1-16(2,3)13-9-10-14(15-11-13)12-7-5-4-6-8-12;/h5-13,15-20,22-23H,21H2,1-4H3;4-7,9-11H,1-3H3;/q2*-1;. The van der Waals surface area contributed by atoms with Crippen molar-refractivity contribution in [2.75, 3.05) is 0 Å². The Morgan fingerprint density at radius 2 is 1.42 bits per heavy atom. The zero-order chi connectivity index (χ0) is 40.6. The van der Waals surface area contributed by atoms with Gasteiger partial charge in [-0.25, -0.2) is 4.98 Å². The van der Waals surface area contributed by atoms with E-state index in [0.29, 0.717) is 29.5 Å². The molecule has 4 heterocycles. The number of halogens is 1. The zero-order valence-electron chi connectivity index (χ0n) is 34.5. The molecular formula is C51H47FIrN4OSi-2. The average Bonchev–Trinajstić information content (AvgIpc) is 3.79. The minimum atomic E-state index is -1.23. The van der Waals surface area contributed by atoms with Gasteiger partial charge in [-0.05, 0) is 62.7 Å². The number of furan rings is 1. The molecule has 0 saturated heterocycles. The van der Waals surface area contributed by atoms with Crippen LogP contribution in [0.1, 0.15) is 56.2 Å². The molecule has 4 aromatic heterocycles. The maximum Gasteiger partial charge on any atom is 0.216 e. The molecule has 0 atom stereocenters. The van der Waals surface area contributed by atoms with Gasteiger partial charge in [-0.1, -0.05) is 125 Å². The van der Waals surface area contributed by atoms with Crippen LogP contribution in [0.2, 0.25) is 19.6 Å². The van der Waals surface area contributed by atoms with Crippen molar-refractivity contribution in [3.63, 3.8) is 0 Å². The third-order valence-corrected chi connectivity index (χ3v) is 12.8. The van der Waals surface area contributed by atoms with Gasteiger partial charge in [-0.15, -0.1) is 54.1 Å². The number of para-hydroxylation sites is 2. The summed E-state index contributed by atoms with van der Waals surface area (Å²) in [6.45, 7) is 16.7. The maximum absolute atomic E-state index is 14.0. The molecule has 0 aliphatic carbocycles. The first kappa shape index (κ1) is 41.6. The SMILES string of the molecule is CC(C)c1cc(-c2ccccc2)cc(C(C)C)c1Cn1c(-c2[c-]ccc3c2oc2cc(F)ncc23)nc2ccccc21.C[Si](C)(C)c1ccc(-c2[c-]cccc2)nc1.[Ir]. The number of benzene rings is 5. The molecule has 59 heavy (non-hydrogen) atoms. The molecule has 0 fully saturated rings. The molecule has 0 unspecified atom stereocenters. The van der Waals surface area contributed by atoms with Gasteiger partial charge < -0.3 is 14.0 Å². The van der Waals surface area contributed by atoms with Gasteiger partial charge in [-0.2, -0.15) is 4.39 Å². The summed E-state index contributed by atoms with van der Waals surface area (Å²) in [5.74, 6) is 0.853. The number of pyridine rings is 2. The van der Waals surface area contributed by atoms with Crippen LogP contribution in [0.5, 0.6) is 0 Å². The first-order valence-corrected chi connectivity index (χ1v) is 23.5. The second kappa shape index (κ2) is 17.4. The fourth-order valence-corrected chi connectivity index (χ4v) is 8.68. The molecule has 9 aromatic rings. The Bertz CT molecular complexity index is 2830. The van der Waals surface area contributed by atoms with Crippen molar-refractivity contribution in [2.24, 2.45) is 0 Å². The topological polar surface area (TPSA) is 56.7 Å². The number of rotatable bonds is 8. The fraction of sp³-hybridized carbons (Fsp3) is 0.196. The Morgan fingerprint density at radius 3 is 2.08 bits per heavy atom. The van der Waals surface area contributed by atoms with Crippen LogP contribution in [0.25, 0.3) is 66.7 Å². The Balaban J connectivity index is 0.000000262.